The molecular formula is C20H23NO4. The predicted octanol–water partition coefficient (Wildman–Crippen LogP) is 3.45. The van der Waals surface area contributed by atoms with Crippen molar-refractivity contribution in [1.82, 2.24) is 5.32 Å². The van der Waals surface area contributed by atoms with Crippen LogP contribution >= 0.6 is 0 Å². The summed E-state index contributed by atoms with van der Waals surface area (Å²) < 4.78 is 5.25. The maximum absolute atomic E-state index is 12.2. The number of aliphatic carboxylic acids is 1. The van der Waals surface area contributed by atoms with E-state index in [1.165, 1.54) is 0 Å². The van der Waals surface area contributed by atoms with Crippen LogP contribution in [0.2, 0.25) is 0 Å². The lowest BCUT2D eigenvalue weighted by atomic mass is 9.96. The van der Waals surface area contributed by atoms with Crippen LogP contribution in [0.15, 0.2) is 55.1 Å². The van der Waals surface area contributed by atoms with E-state index in [4.69, 9.17) is 4.74 Å². The predicted molar refractivity (Wildman–Crippen MR) is 97.3 cm³/mol. The Bertz CT molecular complexity index is 736. The number of benzene rings is 2. The zero-order valence-electron chi connectivity index (χ0n) is 14.1. The van der Waals surface area contributed by atoms with E-state index in [-0.39, 0.29) is 18.7 Å². The highest BCUT2D eigenvalue weighted by Gasteiger charge is 2.19. The lowest BCUT2D eigenvalue weighted by Crippen LogP contribution is -2.30. The molecule has 0 saturated heterocycles. The summed E-state index contributed by atoms with van der Waals surface area (Å²) in [6.45, 7) is 4.49. The molecule has 0 bridgehead atoms. The van der Waals surface area contributed by atoms with Crippen molar-refractivity contribution in [3.63, 3.8) is 0 Å². The van der Waals surface area contributed by atoms with Crippen molar-refractivity contribution < 1.29 is 19.4 Å². The Morgan fingerprint density at radius 1 is 1.20 bits per heavy atom. The van der Waals surface area contributed by atoms with Crippen LogP contribution in [0.1, 0.15) is 30.9 Å². The molecular weight excluding hydrogens is 318 g/mol. The number of hydrogen-bond donors (Lipinski definition) is 2. The van der Waals surface area contributed by atoms with Crippen LogP contribution in [-0.2, 0) is 14.3 Å². The molecule has 132 valence electrons. The molecule has 1 amide bonds. The number of carboxylic acids is 1. The highest BCUT2D eigenvalue weighted by atomic mass is 16.5. The second-order valence-corrected chi connectivity index (χ2v) is 5.75. The molecule has 0 aliphatic carbocycles. The minimum absolute atomic E-state index is 0.160. The lowest BCUT2D eigenvalue weighted by molar-refractivity contribution is -0.137. The number of fused-ring (bicyclic) bond motifs is 1. The van der Waals surface area contributed by atoms with Crippen LogP contribution in [0.5, 0.6) is 0 Å². The average Bonchev–Trinajstić information content (AvgIpc) is 2.60. The van der Waals surface area contributed by atoms with E-state index in [9.17, 15) is 14.7 Å². The Labute approximate surface area is 147 Å². The first kappa shape index (κ1) is 18.7. The Morgan fingerprint density at radius 2 is 1.96 bits per heavy atom. The fourth-order valence-corrected chi connectivity index (χ4v) is 2.74. The summed E-state index contributed by atoms with van der Waals surface area (Å²) in [4.78, 5) is 23.4. The number of carboxylic acid groups (broad SMARTS) is 1. The third kappa shape index (κ3) is 5.72. The number of carbonyl (C=O) groups excluding carboxylic acids is 1. The van der Waals surface area contributed by atoms with Crippen molar-refractivity contribution in [2.75, 3.05) is 13.2 Å². The minimum Gasteiger partial charge on any atom is -0.481 e. The van der Waals surface area contributed by atoms with Gasteiger partial charge < -0.3 is 15.2 Å². The molecule has 0 aliphatic rings. The molecule has 0 aromatic heterocycles. The maximum atomic E-state index is 12.2. The van der Waals surface area contributed by atoms with Crippen LogP contribution in [-0.4, -0.2) is 30.2 Å². The molecule has 0 fully saturated rings. The first-order valence-electron chi connectivity index (χ1n) is 8.29. The molecule has 1 atom stereocenters. The largest absolute Gasteiger partial charge is 0.481 e. The molecule has 2 N–H and O–H groups in total. The molecule has 0 saturated carbocycles. The van der Waals surface area contributed by atoms with Gasteiger partial charge in [-0.3, -0.25) is 9.59 Å². The molecule has 2 aromatic rings. The van der Waals surface area contributed by atoms with E-state index in [0.29, 0.717) is 19.6 Å². The lowest BCUT2D eigenvalue weighted by Gasteiger charge is -2.19. The van der Waals surface area contributed by atoms with Gasteiger partial charge >= 0.3 is 5.97 Å². The SMILES string of the molecule is C=CCOCCCC(=O)N[C@H](CC(=O)O)c1cccc2ccccc12. The van der Waals surface area contributed by atoms with Crippen LogP contribution in [0.25, 0.3) is 10.8 Å². The fourth-order valence-electron chi connectivity index (χ4n) is 2.74. The van der Waals surface area contributed by atoms with Crippen molar-refractivity contribution in [2.24, 2.45) is 0 Å². The van der Waals surface area contributed by atoms with Crippen molar-refractivity contribution in [3.8, 4) is 0 Å². The Morgan fingerprint density at radius 3 is 2.72 bits per heavy atom. The topological polar surface area (TPSA) is 75.6 Å². The van der Waals surface area contributed by atoms with Gasteiger partial charge in [0.15, 0.2) is 0 Å². The van der Waals surface area contributed by atoms with E-state index < -0.39 is 12.0 Å². The van der Waals surface area contributed by atoms with Gasteiger partial charge in [-0.05, 0) is 22.8 Å². The first-order valence-corrected chi connectivity index (χ1v) is 8.29. The zero-order chi connectivity index (χ0) is 18.1. The summed E-state index contributed by atoms with van der Waals surface area (Å²) in [5.41, 5.74) is 0.816. The van der Waals surface area contributed by atoms with Crippen molar-refractivity contribution >= 4 is 22.6 Å². The third-order valence-electron chi connectivity index (χ3n) is 3.84. The summed E-state index contributed by atoms with van der Waals surface area (Å²) in [6.07, 6.45) is 2.36. The number of hydrogen-bond acceptors (Lipinski definition) is 3. The quantitative estimate of drug-likeness (QED) is 0.513. The van der Waals surface area contributed by atoms with E-state index in [2.05, 4.69) is 11.9 Å². The summed E-state index contributed by atoms with van der Waals surface area (Å²) in [5, 5.41) is 14.0. The smallest absolute Gasteiger partial charge is 0.305 e. The normalized spacial score (nSPS) is 11.8. The van der Waals surface area contributed by atoms with Gasteiger partial charge in [0.2, 0.25) is 5.91 Å². The molecule has 2 rings (SSSR count). The zero-order valence-corrected chi connectivity index (χ0v) is 14.1. The number of rotatable bonds is 10. The number of ether oxygens (including phenoxy) is 1. The van der Waals surface area contributed by atoms with Gasteiger partial charge in [-0.25, -0.2) is 0 Å². The highest BCUT2D eigenvalue weighted by molar-refractivity contribution is 5.87. The molecule has 5 nitrogen and oxygen atoms in total. The number of nitrogens with one attached hydrogen (secondary N) is 1. The van der Waals surface area contributed by atoms with Gasteiger partial charge in [-0.2, -0.15) is 0 Å². The number of amides is 1. The van der Waals surface area contributed by atoms with Crippen LogP contribution in [0.3, 0.4) is 0 Å². The second-order valence-electron chi connectivity index (χ2n) is 5.75. The number of carbonyl (C=O) groups is 2. The highest BCUT2D eigenvalue weighted by Crippen LogP contribution is 2.26. The molecule has 0 unspecified atom stereocenters. The van der Waals surface area contributed by atoms with Crippen molar-refractivity contribution in [3.05, 3.63) is 60.7 Å². The van der Waals surface area contributed by atoms with Crippen LogP contribution in [0, 0.1) is 0 Å². The van der Waals surface area contributed by atoms with Gasteiger partial charge in [-0.1, -0.05) is 48.5 Å². The van der Waals surface area contributed by atoms with Crippen molar-refractivity contribution in [2.45, 2.75) is 25.3 Å². The van der Waals surface area contributed by atoms with Gasteiger partial charge in [0.05, 0.1) is 19.1 Å². The maximum Gasteiger partial charge on any atom is 0.305 e. The third-order valence-corrected chi connectivity index (χ3v) is 3.84. The van der Waals surface area contributed by atoms with Gasteiger partial charge in [0.1, 0.15) is 0 Å². The summed E-state index contributed by atoms with van der Waals surface area (Å²) in [6, 6.07) is 12.9. The molecule has 2 aromatic carbocycles. The van der Waals surface area contributed by atoms with Gasteiger partial charge in [0, 0.05) is 13.0 Å². The Balaban J connectivity index is 2.09. The van der Waals surface area contributed by atoms with Crippen molar-refractivity contribution in [1.29, 1.82) is 0 Å². The summed E-state index contributed by atoms with van der Waals surface area (Å²) in [5.74, 6) is -1.13. The first-order chi connectivity index (χ1) is 12.1. The summed E-state index contributed by atoms with van der Waals surface area (Å²) in [7, 11) is 0. The molecule has 0 aliphatic heterocycles. The average molecular weight is 341 g/mol. The van der Waals surface area contributed by atoms with Gasteiger partial charge in [0.25, 0.3) is 0 Å². The monoisotopic (exact) mass is 341 g/mol. The van der Waals surface area contributed by atoms with Crippen LogP contribution in [0.4, 0.5) is 0 Å². The standard InChI is InChI=1S/C20H23NO4/c1-2-12-25-13-6-11-19(22)21-18(14-20(23)24)17-10-5-8-15-7-3-4-9-16(15)17/h2-5,7-10,18H,1,6,11-14H2,(H,21,22)(H,23,24)/t18-/m1/s1. The van der Waals surface area contributed by atoms with E-state index in [0.717, 1.165) is 16.3 Å². The van der Waals surface area contributed by atoms with E-state index in [1.54, 1.807) is 6.08 Å². The van der Waals surface area contributed by atoms with E-state index >= 15 is 0 Å². The molecule has 5 heteroatoms. The Kier molecular flexibility index (Phi) is 7.16. The molecule has 0 spiro atoms. The van der Waals surface area contributed by atoms with Gasteiger partial charge in [-0.15, -0.1) is 6.58 Å². The van der Waals surface area contributed by atoms with Crippen LogP contribution < -0.4 is 5.32 Å². The summed E-state index contributed by atoms with van der Waals surface area (Å²) >= 11 is 0. The molecule has 0 heterocycles. The second kappa shape index (κ2) is 9.59. The molecule has 0 radical (unpaired) electrons. The fraction of sp³-hybridized carbons (Fsp3) is 0.300. The Hall–Kier alpha value is -2.66. The minimum atomic E-state index is -0.951. The van der Waals surface area contributed by atoms with E-state index in [1.807, 2.05) is 42.5 Å². The molecule has 25 heavy (non-hydrogen) atoms.